The van der Waals surface area contributed by atoms with Crippen LogP contribution in [0.3, 0.4) is 0 Å². The molecule has 0 aromatic heterocycles. The summed E-state index contributed by atoms with van der Waals surface area (Å²) in [5, 5.41) is 1.54. The first-order valence-corrected chi connectivity index (χ1v) is 9.21. The van der Waals surface area contributed by atoms with E-state index in [1.54, 1.807) is 0 Å². The maximum Gasteiger partial charge on any atom is 0.0503 e. The molecule has 1 aliphatic heterocycles. The van der Waals surface area contributed by atoms with Crippen molar-refractivity contribution in [3.8, 4) is 0 Å². The van der Waals surface area contributed by atoms with E-state index in [1.807, 2.05) is 0 Å². The van der Waals surface area contributed by atoms with Gasteiger partial charge in [0.15, 0.2) is 0 Å². The minimum absolute atomic E-state index is 0.00539. The zero-order chi connectivity index (χ0) is 15.5. The van der Waals surface area contributed by atoms with Gasteiger partial charge >= 0.3 is 0 Å². The first-order chi connectivity index (χ1) is 11.4. The van der Waals surface area contributed by atoms with E-state index in [9.17, 15) is 0 Å². The van der Waals surface area contributed by atoms with Gasteiger partial charge in [-0.2, -0.15) is 0 Å². The molecule has 0 nitrogen and oxygen atoms in total. The molecule has 0 saturated heterocycles. The molecule has 3 aromatic rings. The first-order valence-electron chi connectivity index (χ1n) is 8.13. The Morgan fingerprint density at radius 1 is 0.609 bits per heavy atom. The number of hydrogen-bond acceptors (Lipinski definition) is 0. The van der Waals surface area contributed by atoms with Gasteiger partial charge in [0.25, 0.3) is 0 Å². The lowest BCUT2D eigenvalue weighted by Gasteiger charge is -2.34. The third-order valence-electron chi connectivity index (χ3n) is 4.74. The Labute approximate surface area is 139 Å². The highest BCUT2D eigenvalue weighted by Gasteiger charge is 2.41. The van der Waals surface area contributed by atoms with Gasteiger partial charge in [-0.05, 0) is 34.6 Å². The molecule has 0 saturated carbocycles. The quantitative estimate of drug-likeness (QED) is 0.557. The van der Waals surface area contributed by atoms with Gasteiger partial charge in [0.2, 0.25) is 0 Å². The highest BCUT2D eigenvalue weighted by molar-refractivity contribution is 7.42. The third kappa shape index (κ3) is 2.44. The zero-order valence-corrected chi connectivity index (χ0v) is 13.9. The molecule has 112 valence electrons. The van der Waals surface area contributed by atoms with E-state index in [0.29, 0.717) is 0 Å². The van der Waals surface area contributed by atoms with Crippen LogP contribution < -0.4 is 0 Å². The number of benzene rings is 3. The average Bonchev–Trinajstić information content (AvgIpc) is 3.10. The fourth-order valence-electron chi connectivity index (χ4n) is 3.70. The molecule has 1 heteroatoms. The summed E-state index contributed by atoms with van der Waals surface area (Å²) in [4.78, 5) is 0. The van der Waals surface area contributed by atoms with E-state index in [4.69, 9.17) is 0 Å². The minimum atomic E-state index is 0.00539. The number of rotatable bonds is 3. The molecule has 23 heavy (non-hydrogen) atoms. The molecule has 0 fully saturated rings. The van der Waals surface area contributed by atoms with Crippen molar-refractivity contribution < 1.29 is 0 Å². The van der Waals surface area contributed by atoms with Crippen molar-refractivity contribution in [2.75, 3.05) is 6.16 Å². The van der Waals surface area contributed by atoms with E-state index < -0.39 is 0 Å². The van der Waals surface area contributed by atoms with Crippen LogP contribution in [0.15, 0.2) is 91.0 Å². The van der Waals surface area contributed by atoms with Gasteiger partial charge in [0.05, 0.1) is 5.41 Å². The largest absolute Gasteiger partial charge is 0.0990 e. The summed E-state index contributed by atoms with van der Waals surface area (Å²) in [6, 6.07) is 32.9. The average molecular weight is 314 g/mol. The van der Waals surface area contributed by atoms with Crippen LogP contribution in [0.5, 0.6) is 0 Å². The Morgan fingerprint density at radius 3 is 1.61 bits per heavy atom. The zero-order valence-electron chi connectivity index (χ0n) is 13.0. The second kappa shape index (κ2) is 6.14. The van der Waals surface area contributed by atoms with Crippen LogP contribution >= 0.6 is 8.20 Å². The Bertz CT molecular complexity index is 765. The second-order valence-electron chi connectivity index (χ2n) is 5.98. The van der Waals surface area contributed by atoms with Crippen molar-refractivity contribution in [1.29, 1.82) is 0 Å². The fraction of sp³-hybridized carbons (Fsp3) is 0.136. The molecule has 0 aliphatic carbocycles. The van der Waals surface area contributed by atoms with E-state index >= 15 is 0 Å². The van der Waals surface area contributed by atoms with Crippen molar-refractivity contribution in [1.82, 2.24) is 0 Å². The van der Waals surface area contributed by atoms with Crippen molar-refractivity contribution in [3.05, 3.63) is 108 Å². The predicted molar refractivity (Wildman–Crippen MR) is 101 cm³/mol. The van der Waals surface area contributed by atoms with Gasteiger partial charge in [0.1, 0.15) is 0 Å². The molecule has 0 atom stereocenters. The predicted octanol–water partition coefficient (Wildman–Crippen LogP) is 5.54. The normalized spacial score (nSPS) is 16.8. The topological polar surface area (TPSA) is 0 Å². The van der Waals surface area contributed by atoms with Crippen LogP contribution in [0.25, 0.3) is 0 Å². The molecule has 1 aliphatic rings. The minimum Gasteiger partial charge on any atom is -0.0990 e. The molecular weight excluding hydrogens is 295 g/mol. The standard InChI is InChI=1S/C22H19P/c1-4-10-18(11-5-1)21-22(16-17-23-21,19-12-6-2-7-13-19)20-14-8-3-9-15-20/h1-15H,16-17H2. The van der Waals surface area contributed by atoms with Crippen molar-refractivity contribution in [2.24, 2.45) is 0 Å². The first kappa shape index (κ1) is 14.4. The van der Waals surface area contributed by atoms with Crippen LogP contribution in [-0.4, -0.2) is 11.5 Å². The van der Waals surface area contributed by atoms with Crippen molar-refractivity contribution >= 4 is 13.5 Å². The summed E-state index contributed by atoms with van der Waals surface area (Å²) in [6.07, 6.45) is 2.39. The van der Waals surface area contributed by atoms with E-state index in [2.05, 4.69) is 91.0 Å². The van der Waals surface area contributed by atoms with Crippen LogP contribution in [0.1, 0.15) is 23.1 Å². The van der Waals surface area contributed by atoms with Crippen molar-refractivity contribution in [3.63, 3.8) is 0 Å². The Hall–Kier alpha value is -2.17. The van der Waals surface area contributed by atoms with Gasteiger partial charge in [0, 0.05) is 0 Å². The molecule has 0 spiro atoms. The lowest BCUT2D eigenvalue weighted by atomic mass is 9.68. The van der Waals surface area contributed by atoms with Gasteiger partial charge in [-0.25, -0.2) is 0 Å². The summed E-state index contributed by atoms with van der Waals surface area (Å²) in [5.41, 5.74) is 4.20. The Morgan fingerprint density at radius 2 is 1.09 bits per heavy atom. The van der Waals surface area contributed by atoms with Gasteiger partial charge in [-0.1, -0.05) is 99.2 Å². The maximum absolute atomic E-state index is 2.29. The second-order valence-corrected chi connectivity index (χ2v) is 7.19. The SMILES string of the molecule is c1ccc(C2=PCCC2(c2ccccc2)c2ccccc2)cc1. The van der Waals surface area contributed by atoms with Gasteiger partial charge < -0.3 is 0 Å². The number of hydrogen-bond donors (Lipinski definition) is 0. The molecular formula is C22H19P. The van der Waals surface area contributed by atoms with E-state index in [0.717, 1.165) is 0 Å². The summed E-state index contributed by atoms with van der Waals surface area (Å²) in [5.74, 6) is 0. The summed E-state index contributed by atoms with van der Waals surface area (Å²) < 4.78 is 0. The van der Waals surface area contributed by atoms with E-state index in [1.165, 1.54) is 42.8 Å². The van der Waals surface area contributed by atoms with Crippen LogP contribution in [0.4, 0.5) is 0 Å². The molecule has 0 N–H and O–H groups in total. The molecule has 3 aromatic carbocycles. The molecule has 0 amide bonds. The maximum atomic E-state index is 2.29. The van der Waals surface area contributed by atoms with Crippen LogP contribution in [0.2, 0.25) is 0 Å². The Balaban J connectivity index is 1.96. The molecule has 0 bridgehead atoms. The summed E-state index contributed by atoms with van der Waals surface area (Å²) >= 11 is 0. The fourth-order valence-corrected chi connectivity index (χ4v) is 5.34. The van der Waals surface area contributed by atoms with Crippen LogP contribution in [0, 0.1) is 0 Å². The van der Waals surface area contributed by atoms with Crippen molar-refractivity contribution in [2.45, 2.75) is 11.8 Å². The lowest BCUT2D eigenvalue weighted by Crippen LogP contribution is -2.34. The highest BCUT2D eigenvalue weighted by atomic mass is 31.1. The molecule has 0 unspecified atom stereocenters. The Kier molecular flexibility index (Phi) is 3.85. The smallest absolute Gasteiger partial charge is 0.0503 e. The van der Waals surface area contributed by atoms with Crippen LogP contribution in [-0.2, 0) is 5.41 Å². The highest BCUT2D eigenvalue weighted by Crippen LogP contribution is 2.46. The molecule has 4 rings (SSSR count). The molecule has 0 radical (unpaired) electrons. The summed E-state index contributed by atoms with van der Waals surface area (Å²) in [7, 11) is 1.45. The summed E-state index contributed by atoms with van der Waals surface area (Å²) in [6.45, 7) is 0. The van der Waals surface area contributed by atoms with E-state index in [-0.39, 0.29) is 5.41 Å². The van der Waals surface area contributed by atoms with Gasteiger partial charge in [-0.15, -0.1) is 0 Å². The third-order valence-corrected chi connectivity index (χ3v) is 6.14. The lowest BCUT2D eigenvalue weighted by molar-refractivity contribution is 0.683. The molecule has 1 heterocycles. The monoisotopic (exact) mass is 314 g/mol. The van der Waals surface area contributed by atoms with Gasteiger partial charge in [-0.3, -0.25) is 0 Å².